The highest BCUT2D eigenvalue weighted by molar-refractivity contribution is 5.69. The molecule has 1 N–H and O–H groups in total. The summed E-state index contributed by atoms with van der Waals surface area (Å²) in [7, 11) is 0. The molecule has 0 aromatic carbocycles. The van der Waals surface area contributed by atoms with Crippen molar-refractivity contribution in [3.05, 3.63) is 0 Å². The van der Waals surface area contributed by atoms with Gasteiger partial charge < -0.3 is 5.11 Å². The highest BCUT2D eigenvalue weighted by atomic mass is 16.4. The average Bonchev–Trinajstić information content (AvgIpc) is 2.26. The molecular formula is C16H26O2. The van der Waals surface area contributed by atoms with Gasteiger partial charge >= 0.3 is 5.97 Å². The number of rotatable bonds is 4. The maximum Gasteiger partial charge on any atom is 0.306 e. The van der Waals surface area contributed by atoms with Crippen LogP contribution in [0.4, 0.5) is 0 Å². The molecule has 0 amide bonds. The summed E-state index contributed by atoms with van der Waals surface area (Å²) in [5.74, 6) is 1.06. The van der Waals surface area contributed by atoms with Gasteiger partial charge in [0.2, 0.25) is 0 Å². The molecular weight excluding hydrogens is 224 g/mol. The molecule has 0 saturated heterocycles. The summed E-state index contributed by atoms with van der Waals surface area (Å²) < 4.78 is 0. The number of aliphatic carboxylic acids is 1. The minimum atomic E-state index is -0.601. The Morgan fingerprint density at radius 3 is 2.28 bits per heavy atom. The van der Waals surface area contributed by atoms with Crippen LogP contribution in [-0.2, 0) is 4.79 Å². The van der Waals surface area contributed by atoms with Gasteiger partial charge in [0.05, 0.1) is 5.92 Å². The van der Waals surface area contributed by atoms with E-state index in [1.54, 1.807) is 0 Å². The van der Waals surface area contributed by atoms with Gasteiger partial charge in [-0.1, -0.05) is 20.3 Å². The predicted molar refractivity (Wildman–Crippen MR) is 71.3 cm³/mol. The SMILES string of the molecule is CCC12CC3CC(C1)CC(CC(C)C(=O)O)(C3)C2. The fraction of sp³-hybridized carbons (Fsp3) is 0.938. The van der Waals surface area contributed by atoms with E-state index in [2.05, 4.69) is 6.92 Å². The summed E-state index contributed by atoms with van der Waals surface area (Å²) in [5.41, 5.74) is 0.972. The third kappa shape index (κ3) is 1.88. The summed E-state index contributed by atoms with van der Waals surface area (Å²) in [6.45, 7) is 4.25. The lowest BCUT2D eigenvalue weighted by molar-refractivity contribution is -0.149. The fourth-order valence-corrected chi connectivity index (χ4v) is 6.04. The quantitative estimate of drug-likeness (QED) is 0.815. The summed E-state index contributed by atoms with van der Waals surface area (Å²) in [6.07, 6.45) is 10.5. The number of hydrogen-bond acceptors (Lipinski definition) is 1. The van der Waals surface area contributed by atoms with Crippen molar-refractivity contribution in [2.75, 3.05) is 0 Å². The molecule has 4 aliphatic carbocycles. The Kier molecular flexibility index (Phi) is 2.76. The first-order valence-electron chi connectivity index (χ1n) is 7.69. The summed E-state index contributed by atoms with van der Waals surface area (Å²) in [5, 5.41) is 9.21. The zero-order chi connectivity index (χ0) is 13.0. The molecule has 2 heteroatoms. The van der Waals surface area contributed by atoms with Gasteiger partial charge in [0.1, 0.15) is 0 Å². The smallest absolute Gasteiger partial charge is 0.306 e. The lowest BCUT2D eigenvalue weighted by atomic mass is 9.42. The first kappa shape index (κ1) is 12.5. The van der Waals surface area contributed by atoms with E-state index in [1.807, 2.05) is 6.92 Å². The molecule has 3 unspecified atom stereocenters. The molecule has 0 aliphatic heterocycles. The molecule has 4 aliphatic rings. The van der Waals surface area contributed by atoms with E-state index >= 15 is 0 Å². The molecule has 4 bridgehead atoms. The van der Waals surface area contributed by atoms with E-state index < -0.39 is 5.97 Å². The van der Waals surface area contributed by atoms with Crippen LogP contribution in [0.1, 0.15) is 65.2 Å². The van der Waals surface area contributed by atoms with E-state index in [1.165, 1.54) is 44.9 Å². The van der Waals surface area contributed by atoms with Gasteiger partial charge in [0, 0.05) is 0 Å². The highest BCUT2D eigenvalue weighted by Gasteiger charge is 2.56. The summed E-state index contributed by atoms with van der Waals surface area (Å²) in [4.78, 5) is 11.2. The largest absolute Gasteiger partial charge is 0.481 e. The molecule has 4 rings (SSSR count). The second-order valence-corrected chi connectivity index (χ2v) is 7.76. The van der Waals surface area contributed by atoms with Crippen LogP contribution in [0, 0.1) is 28.6 Å². The van der Waals surface area contributed by atoms with Gasteiger partial charge in [0.15, 0.2) is 0 Å². The lowest BCUT2D eigenvalue weighted by Gasteiger charge is -2.63. The Balaban J connectivity index is 1.82. The topological polar surface area (TPSA) is 37.3 Å². The van der Waals surface area contributed by atoms with Crippen molar-refractivity contribution in [2.24, 2.45) is 28.6 Å². The predicted octanol–water partition coefficient (Wildman–Crippen LogP) is 4.09. The second-order valence-electron chi connectivity index (χ2n) is 7.76. The number of carbonyl (C=O) groups is 1. The van der Waals surface area contributed by atoms with E-state index in [4.69, 9.17) is 0 Å². The molecule has 4 fully saturated rings. The van der Waals surface area contributed by atoms with E-state index in [0.717, 1.165) is 18.3 Å². The minimum absolute atomic E-state index is 0.157. The standard InChI is InChI=1S/C16H26O2/c1-3-15-6-12-4-13(7-15)9-16(8-12,10-15)5-11(2)14(17)18/h11-13H,3-10H2,1-2H3,(H,17,18). The number of carboxylic acid groups (broad SMARTS) is 1. The maximum absolute atomic E-state index is 11.2. The van der Waals surface area contributed by atoms with Gasteiger partial charge in [-0.25, -0.2) is 0 Å². The third-order valence-electron chi connectivity index (χ3n) is 6.21. The molecule has 0 radical (unpaired) electrons. The van der Waals surface area contributed by atoms with Crippen LogP contribution in [-0.4, -0.2) is 11.1 Å². The molecule has 0 spiro atoms. The maximum atomic E-state index is 11.2. The van der Waals surface area contributed by atoms with Crippen molar-refractivity contribution < 1.29 is 9.90 Å². The van der Waals surface area contributed by atoms with Crippen molar-refractivity contribution in [3.8, 4) is 0 Å². The molecule has 0 aromatic heterocycles. The molecule has 102 valence electrons. The molecule has 3 atom stereocenters. The normalized spacial score (nSPS) is 47.2. The van der Waals surface area contributed by atoms with Gasteiger partial charge in [-0.2, -0.15) is 0 Å². The molecule has 0 aromatic rings. The summed E-state index contributed by atoms with van der Waals surface area (Å²) in [6, 6.07) is 0. The van der Waals surface area contributed by atoms with Gasteiger partial charge in [-0.3, -0.25) is 4.79 Å². The number of carboxylic acids is 1. The van der Waals surface area contributed by atoms with Crippen LogP contribution in [0.15, 0.2) is 0 Å². The Morgan fingerprint density at radius 2 is 1.78 bits per heavy atom. The van der Waals surface area contributed by atoms with Crippen molar-refractivity contribution in [1.82, 2.24) is 0 Å². The average molecular weight is 250 g/mol. The minimum Gasteiger partial charge on any atom is -0.481 e. The van der Waals surface area contributed by atoms with Crippen LogP contribution in [0.3, 0.4) is 0 Å². The van der Waals surface area contributed by atoms with Crippen LogP contribution in [0.5, 0.6) is 0 Å². The Hall–Kier alpha value is -0.530. The van der Waals surface area contributed by atoms with Crippen molar-refractivity contribution in [3.63, 3.8) is 0 Å². The van der Waals surface area contributed by atoms with Crippen molar-refractivity contribution in [2.45, 2.75) is 65.2 Å². The van der Waals surface area contributed by atoms with Gasteiger partial charge in [0.25, 0.3) is 0 Å². The molecule has 2 nitrogen and oxygen atoms in total. The van der Waals surface area contributed by atoms with E-state index in [9.17, 15) is 9.90 Å². The lowest BCUT2D eigenvalue weighted by Crippen LogP contribution is -2.52. The van der Waals surface area contributed by atoms with E-state index in [0.29, 0.717) is 10.8 Å². The zero-order valence-electron chi connectivity index (χ0n) is 11.7. The van der Waals surface area contributed by atoms with Gasteiger partial charge in [-0.15, -0.1) is 0 Å². The number of hydrogen-bond donors (Lipinski definition) is 1. The fourth-order valence-electron chi connectivity index (χ4n) is 6.04. The first-order valence-corrected chi connectivity index (χ1v) is 7.69. The van der Waals surface area contributed by atoms with E-state index in [-0.39, 0.29) is 5.92 Å². The monoisotopic (exact) mass is 250 g/mol. The van der Waals surface area contributed by atoms with Crippen LogP contribution in [0.25, 0.3) is 0 Å². The second kappa shape index (κ2) is 3.98. The Labute approximate surface area is 110 Å². The zero-order valence-corrected chi connectivity index (χ0v) is 11.7. The van der Waals surface area contributed by atoms with Gasteiger partial charge in [-0.05, 0) is 67.6 Å². The molecule has 0 heterocycles. The van der Waals surface area contributed by atoms with Crippen molar-refractivity contribution in [1.29, 1.82) is 0 Å². The van der Waals surface area contributed by atoms with Crippen LogP contribution < -0.4 is 0 Å². The Bertz CT molecular complexity index is 346. The van der Waals surface area contributed by atoms with Crippen LogP contribution >= 0.6 is 0 Å². The third-order valence-corrected chi connectivity index (χ3v) is 6.21. The Morgan fingerprint density at radius 1 is 1.22 bits per heavy atom. The van der Waals surface area contributed by atoms with Crippen molar-refractivity contribution >= 4 is 5.97 Å². The highest BCUT2D eigenvalue weighted by Crippen LogP contribution is 2.67. The molecule has 4 saturated carbocycles. The molecule has 18 heavy (non-hydrogen) atoms. The first-order chi connectivity index (χ1) is 8.46. The summed E-state index contributed by atoms with van der Waals surface area (Å²) >= 11 is 0. The van der Waals surface area contributed by atoms with Crippen LogP contribution in [0.2, 0.25) is 0 Å².